The SMILES string of the molecule is O=C(CSCc1ccc([N+](=O)[O-])cc1)Nc1cc([N+](=O)[O-])ccc1O. The van der Waals surface area contributed by atoms with Gasteiger partial charge in [0.05, 0.1) is 21.3 Å². The lowest BCUT2D eigenvalue weighted by atomic mass is 10.2. The highest BCUT2D eigenvalue weighted by atomic mass is 32.2. The van der Waals surface area contributed by atoms with Crippen molar-refractivity contribution >= 4 is 34.7 Å². The molecule has 2 aromatic rings. The second kappa shape index (κ2) is 8.11. The van der Waals surface area contributed by atoms with Crippen molar-refractivity contribution in [2.45, 2.75) is 5.75 Å². The van der Waals surface area contributed by atoms with Crippen LogP contribution in [-0.2, 0) is 10.5 Å². The largest absolute Gasteiger partial charge is 0.506 e. The number of amides is 1. The maximum absolute atomic E-state index is 11.9. The summed E-state index contributed by atoms with van der Waals surface area (Å²) < 4.78 is 0. The minimum atomic E-state index is -0.627. The number of non-ortho nitro benzene ring substituents is 2. The summed E-state index contributed by atoms with van der Waals surface area (Å²) in [5.74, 6) is -0.173. The third-order valence-electron chi connectivity index (χ3n) is 3.11. The molecule has 0 unspecified atom stereocenters. The van der Waals surface area contributed by atoms with Crippen molar-refractivity contribution in [3.05, 3.63) is 68.3 Å². The van der Waals surface area contributed by atoms with E-state index in [9.17, 15) is 30.1 Å². The molecule has 0 fully saturated rings. The molecule has 1 amide bonds. The highest BCUT2D eigenvalue weighted by molar-refractivity contribution is 7.99. The fourth-order valence-electron chi connectivity index (χ4n) is 1.90. The average molecular weight is 363 g/mol. The maximum atomic E-state index is 11.9. The lowest BCUT2D eigenvalue weighted by Crippen LogP contribution is -2.14. The second-order valence-electron chi connectivity index (χ2n) is 4.92. The van der Waals surface area contributed by atoms with Crippen molar-refractivity contribution in [1.29, 1.82) is 0 Å². The number of nitrogens with zero attached hydrogens (tertiary/aromatic N) is 2. The van der Waals surface area contributed by atoms with Crippen molar-refractivity contribution < 1.29 is 19.7 Å². The summed E-state index contributed by atoms with van der Waals surface area (Å²) in [4.78, 5) is 32.0. The van der Waals surface area contributed by atoms with Crippen LogP contribution in [0.25, 0.3) is 0 Å². The van der Waals surface area contributed by atoms with Gasteiger partial charge in [-0.05, 0) is 11.6 Å². The van der Waals surface area contributed by atoms with Crippen molar-refractivity contribution in [3.8, 4) is 5.75 Å². The summed E-state index contributed by atoms with van der Waals surface area (Å²) in [5, 5.41) is 33.3. The van der Waals surface area contributed by atoms with E-state index in [1.807, 2.05) is 0 Å². The maximum Gasteiger partial charge on any atom is 0.271 e. The second-order valence-corrected chi connectivity index (χ2v) is 5.91. The number of carbonyl (C=O) groups is 1. The van der Waals surface area contributed by atoms with Gasteiger partial charge >= 0.3 is 0 Å². The van der Waals surface area contributed by atoms with Gasteiger partial charge < -0.3 is 10.4 Å². The number of phenolic OH excluding ortho intramolecular Hbond substituents is 1. The van der Waals surface area contributed by atoms with Crippen LogP contribution in [-0.4, -0.2) is 26.6 Å². The molecule has 0 aliphatic rings. The fourth-order valence-corrected chi connectivity index (χ4v) is 2.69. The topological polar surface area (TPSA) is 136 Å². The number of nitro groups is 2. The smallest absolute Gasteiger partial charge is 0.271 e. The normalized spacial score (nSPS) is 10.2. The summed E-state index contributed by atoms with van der Waals surface area (Å²) in [6, 6.07) is 9.33. The predicted octanol–water partition coefficient (Wildman–Crippen LogP) is 3.08. The lowest BCUT2D eigenvalue weighted by molar-refractivity contribution is -0.385. The molecule has 0 aliphatic carbocycles. The van der Waals surface area contributed by atoms with E-state index in [0.717, 1.165) is 23.8 Å². The minimum Gasteiger partial charge on any atom is -0.506 e. The number of aromatic hydroxyl groups is 1. The number of nitro benzene ring substituents is 2. The van der Waals surface area contributed by atoms with Gasteiger partial charge in [-0.15, -0.1) is 11.8 Å². The van der Waals surface area contributed by atoms with Gasteiger partial charge in [-0.25, -0.2) is 0 Å². The van der Waals surface area contributed by atoms with Gasteiger partial charge in [0, 0.05) is 30.0 Å². The Kier molecular flexibility index (Phi) is 5.90. The zero-order chi connectivity index (χ0) is 18.4. The Morgan fingerprint density at radius 3 is 2.24 bits per heavy atom. The molecular formula is C15H13N3O6S. The molecule has 9 nitrogen and oxygen atoms in total. The molecule has 0 aromatic heterocycles. The third-order valence-corrected chi connectivity index (χ3v) is 4.12. The molecule has 0 saturated heterocycles. The van der Waals surface area contributed by atoms with Crippen LogP contribution < -0.4 is 5.32 Å². The Balaban J connectivity index is 1.87. The molecule has 0 spiro atoms. The van der Waals surface area contributed by atoms with E-state index in [4.69, 9.17) is 0 Å². The van der Waals surface area contributed by atoms with Gasteiger partial charge in [0.25, 0.3) is 11.4 Å². The van der Waals surface area contributed by atoms with E-state index in [0.29, 0.717) is 5.75 Å². The molecule has 0 radical (unpaired) electrons. The number of carbonyl (C=O) groups excluding carboxylic acids is 1. The van der Waals surface area contributed by atoms with Crippen LogP contribution in [0.3, 0.4) is 0 Å². The predicted molar refractivity (Wildman–Crippen MR) is 92.6 cm³/mol. The third kappa shape index (κ3) is 5.18. The number of thioether (sulfide) groups is 1. The molecule has 130 valence electrons. The summed E-state index contributed by atoms with van der Waals surface area (Å²) in [5.41, 5.74) is 0.538. The quantitative estimate of drug-likeness (QED) is 0.438. The number of rotatable bonds is 7. The molecule has 0 heterocycles. The number of anilines is 1. The molecule has 10 heteroatoms. The van der Waals surface area contributed by atoms with Crippen molar-refractivity contribution in [1.82, 2.24) is 0 Å². The highest BCUT2D eigenvalue weighted by Gasteiger charge is 2.13. The van der Waals surface area contributed by atoms with Crippen LogP contribution in [0.2, 0.25) is 0 Å². The zero-order valence-electron chi connectivity index (χ0n) is 12.7. The number of hydrogen-bond acceptors (Lipinski definition) is 7. The molecule has 0 aliphatic heterocycles. The Bertz CT molecular complexity index is 809. The highest BCUT2D eigenvalue weighted by Crippen LogP contribution is 2.28. The van der Waals surface area contributed by atoms with Gasteiger partial charge in [-0.2, -0.15) is 0 Å². The van der Waals surface area contributed by atoms with Crippen molar-refractivity contribution in [2.75, 3.05) is 11.1 Å². The summed E-state index contributed by atoms with van der Waals surface area (Å²) in [6.07, 6.45) is 0. The first-order valence-corrected chi connectivity index (χ1v) is 8.10. The van der Waals surface area contributed by atoms with Crippen LogP contribution in [0.1, 0.15) is 5.56 Å². The van der Waals surface area contributed by atoms with E-state index in [2.05, 4.69) is 5.32 Å². The molecule has 25 heavy (non-hydrogen) atoms. The molecule has 0 bridgehead atoms. The molecule has 2 aromatic carbocycles. The number of benzene rings is 2. The van der Waals surface area contributed by atoms with Crippen LogP contribution in [0.4, 0.5) is 17.1 Å². The molecule has 2 N–H and O–H groups in total. The van der Waals surface area contributed by atoms with Crippen molar-refractivity contribution in [2.24, 2.45) is 0 Å². The molecule has 2 rings (SSSR count). The molecular weight excluding hydrogens is 350 g/mol. The fraction of sp³-hybridized carbons (Fsp3) is 0.133. The van der Waals surface area contributed by atoms with Crippen LogP contribution in [0, 0.1) is 20.2 Å². The summed E-state index contributed by atoms with van der Waals surface area (Å²) in [6.45, 7) is 0. The number of phenols is 1. The summed E-state index contributed by atoms with van der Waals surface area (Å²) >= 11 is 1.27. The van der Waals surface area contributed by atoms with Gasteiger partial charge in [0.1, 0.15) is 5.75 Å². The minimum absolute atomic E-state index is 0.00681. The number of nitrogens with one attached hydrogen (secondary N) is 1. The Morgan fingerprint density at radius 1 is 1.04 bits per heavy atom. The van der Waals surface area contributed by atoms with Crippen molar-refractivity contribution in [3.63, 3.8) is 0 Å². The Labute approximate surface area is 146 Å². The van der Waals surface area contributed by atoms with E-state index in [1.54, 1.807) is 12.1 Å². The van der Waals surface area contributed by atoms with Crippen LogP contribution in [0.15, 0.2) is 42.5 Å². The first-order chi connectivity index (χ1) is 11.9. The zero-order valence-corrected chi connectivity index (χ0v) is 13.6. The van der Waals surface area contributed by atoms with E-state index < -0.39 is 15.8 Å². The first kappa shape index (κ1) is 18.2. The van der Waals surface area contributed by atoms with Crippen LogP contribution in [0.5, 0.6) is 5.75 Å². The molecule has 0 saturated carbocycles. The van der Waals surface area contributed by atoms with Crippen LogP contribution >= 0.6 is 11.8 Å². The van der Waals surface area contributed by atoms with Gasteiger partial charge in [-0.1, -0.05) is 12.1 Å². The summed E-state index contributed by atoms with van der Waals surface area (Å²) in [7, 11) is 0. The lowest BCUT2D eigenvalue weighted by Gasteiger charge is -2.07. The van der Waals surface area contributed by atoms with E-state index >= 15 is 0 Å². The Hall–Kier alpha value is -3.14. The van der Waals surface area contributed by atoms with E-state index in [1.165, 1.54) is 23.9 Å². The standard InChI is InChI=1S/C15H13N3O6S/c19-14-6-5-12(18(23)24)7-13(14)16-15(20)9-25-8-10-1-3-11(4-2-10)17(21)22/h1-7,19H,8-9H2,(H,16,20). The first-order valence-electron chi connectivity index (χ1n) is 6.95. The average Bonchev–Trinajstić information content (AvgIpc) is 2.57. The van der Waals surface area contributed by atoms with Gasteiger partial charge in [0.15, 0.2) is 0 Å². The van der Waals surface area contributed by atoms with Gasteiger partial charge in [-0.3, -0.25) is 25.0 Å². The molecule has 0 atom stereocenters. The number of hydrogen-bond donors (Lipinski definition) is 2. The van der Waals surface area contributed by atoms with E-state index in [-0.39, 0.29) is 28.6 Å². The Morgan fingerprint density at radius 2 is 1.64 bits per heavy atom. The monoisotopic (exact) mass is 363 g/mol. The van der Waals surface area contributed by atoms with Gasteiger partial charge in [0.2, 0.25) is 5.91 Å².